The van der Waals surface area contributed by atoms with Gasteiger partial charge in [0.05, 0.1) is 5.56 Å². The van der Waals surface area contributed by atoms with E-state index < -0.39 is 10.0 Å². The second-order valence-corrected chi connectivity index (χ2v) is 7.93. The molecule has 25 heavy (non-hydrogen) atoms. The highest BCUT2D eigenvalue weighted by atomic mass is 32.2. The summed E-state index contributed by atoms with van der Waals surface area (Å²) >= 11 is 0. The predicted molar refractivity (Wildman–Crippen MR) is 92.3 cm³/mol. The van der Waals surface area contributed by atoms with Crippen molar-refractivity contribution in [3.05, 3.63) is 54.6 Å². The fraction of sp³-hybridized carbons (Fsp3) is 0.353. The van der Waals surface area contributed by atoms with Crippen molar-refractivity contribution in [2.75, 3.05) is 19.6 Å². The van der Waals surface area contributed by atoms with Gasteiger partial charge in [-0.3, -0.25) is 14.8 Å². The van der Waals surface area contributed by atoms with Crippen LogP contribution in [0.2, 0.25) is 0 Å². The molecule has 0 bridgehead atoms. The molecule has 0 radical (unpaired) electrons. The van der Waals surface area contributed by atoms with Gasteiger partial charge < -0.3 is 5.32 Å². The fourth-order valence-electron chi connectivity index (χ4n) is 2.84. The minimum atomic E-state index is -3.48. The summed E-state index contributed by atoms with van der Waals surface area (Å²) in [5, 5.41) is 2.90. The highest BCUT2D eigenvalue weighted by molar-refractivity contribution is 7.89. The Kier molecular flexibility index (Phi) is 5.40. The van der Waals surface area contributed by atoms with Gasteiger partial charge in [-0.1, -0.05) is 0 Å². The Morgan fingerprint density at radius 2 is 1.80 bits per heavy atom. The molecule has 0 unspecified atom stereocenters. The van der Waals surface area contributed by atoms with Gasteiger partial charge in [-0.25, -0.2) is 8.42 Å². The molecular formula is C17H20N4O3S. The van der Waals surface area contributed by atoms with E-state index in [0.717, 1.165) is 0 Å². The van der Waals surface area contributed by atoms with Crippen molar-refractivity contribution in [1.82, 2.24) is 19.6 Å². The number of sulfonamides is 1. The topological polar surface area (TPSA) is 92.3 Å². The molecular weight excluding hydrogens is 340 g/mol. The van der Waals surface area contributed by atoms with Gasteiger partial charge in [-0.15, -0.1) is 0 Å². The van der Waals surface area contributed by atoms with Gasteiger partial charge in [-0.05, 0) is 43.0 Å². The molecule has 1 aliphatic heterocycles. The number of nitrogens with one attached hydrogen (secondary N) is 1. The summed E-state index contributed by atoms with van der Waals surface area (Å²) in [6.45, 7) is 1.43. The zero-order valence-corrected chi connectivity index (χ0v) is 14.5. The molecule has 3 rings (SSSR count). The molecule has 132 valence electrons. The van der Waals surface area contributed by atoms with E-state index >= 15 is 0 Å². The van der Waals surface area contributed by atoms with Crippen molar-refractivity contribution in [2.45, 2.75) is 17.7 Å². The number of aromatic nitrogens is 2. The number of piperidine rings is 1. The molecule has 0 aromatic carbocycles. The van der Waals surface area contributed by atoms with Crippen LogP contribution in [-0.4, -0.2) is 48.2 Å². The number of rotatable bonds is 5. The summed E-state index contributed by atoms with van der Waals surface area (Å²) in [6, 6.07) is 6.61. The van der Waals surface area contributed by atoms with Crippen LogP contribution in [0.5, 0.6) is 0 Å². The second-order valence-electron chi connectivity index (χ2n) is 5.99. The standard InChI is InChI=1S/C17H20N4O3S/c22-17(15-3-1-7-18-12-15)20-11-14-5-9-21(10-6-14)25(23,24)16-4-2-8-19-13-16/h1-4,7-8,12-14H,5-6,9-11H2,(H,20,22). The summed E-state index contributed by atoms with van der Waals surface area (Å²) in [6.07, 6.45) is 7.50. The van der Waals surface area contributed by atoms with Crippen molar-refractivity contribution >= 4 is 15.9 Å². The maximum Gasteiger partial charge on any atom is 0.252 e. The molecule has 1 N–H and O–H groups in total. The van der Waals surface area contributed by atoms with Gasteiger partial charge in [0, 0.05) is 44.4 Å². The van der Waals surface area contributed by atoms with Gasteiger partial charge in [0.25, 0.3) is 5.91 Å². The van der Waals surface area contributed by atoms with Crippen molar-refractivity contribution in [3.8, 4) is 0 Å². The molecule has 7 nitrogen and oxygen atoms in total. The van der Waals surface area contributed by atoms with Crippen LogP contribution in [0.1, 0.15) is 23.2 Å². The van der Waals surface area contributed by atoms with Crippen molar-refractivity contribution < 1.29 is 13.2 Å². The molecule has 1 aliphatic rings. The zero-order chi connectivity index (χ0) is 17.7. The van der Waals surface area contributed by atoms with Gasteiger partial charge in [0.1, 0.15) is 4.90 Å². The van der Waals surface area contributed by atoms with E-state index in [4.69, 9.17) is 0 Å². The van der Waals surface area contributed by atoms with Gasteiger partial charge in [0.2, 0.25) is 10.0 Å². The van der Waals surface area contributed by atoms with E-state index in [1.807, 2.05) is 0 Å². The fourth-order valence-corrected chi connectivity index (χ4v) is 4.27. The maximum absolute atomic E-state index is 12.6. The smallest absolute Gasteiger partial charge is 0.252 e. The highest BCUT2D eigenvalue weighted by Gasteiger charge is 2.29. The van der Waals surface area contributed by atoms with Crippen molar-refractivity contribution in [3.63, 3.8) is 0 Å². The van der Waals surface area contributed by atoms with E-state index in [2.05, 4.69) is 15.3 Å². The zero-order valence-electron chi connectivity index (χ0n) is 13.7. The average molecular weight is 360 g/mol. The lowest BCUT2D eigenvalue weighted by atomic mass is 9.98. The molecule has 0 saturated carbocycles. The monoisotopic (exact) mass is 360 g/mol. The predicted octanol–water partition coefficient (Wildman–Crippen LogP) is 1.31. The first-order valence-corrected chi connectivity index (χ1v) is 9.60. The average Bonchev–Trinajstić information content (AvgIpc) is 2.68. The number of hydrogen-bond acceptors (Lipinski definition) is 5. The summed E-state index contributed by atoms with van der Waals surface area (Å²) in [5.41, 5.74) is 0.527. The minimum Gasteiger partial charge on any atom is -0.352 e. The molecule has 0 atom stereocenters. The van der Waals surface area contributed by atoms with Gasteiger partial charge >= 0.3 is 0 Å². The largest absolute Gasteiger partial charge is 0.352 e. The number of amides is 1. The molecule has 2 aromatic rings. The molecule has 1 saturated heterocycles. The number of pyridine rings is 2. The number of carbonyl (C=O) groups is 1. The third-order valence-corrected chi connectivity index (χ3v) is 6.20. The number of carbonyl (C=O) groups excluding carboxylic acids is 1. The Morgan fingerprint density at radius 1 is 1.12 bits per heavy atom. The number of nitrogens with zero attached hydrogens (tertiary/aromatic N) is 3. The summed E-state index contributed by atoms with van der Waals surface area (Å²) in [7, 11) is -3.48. The molecule has 8 heteroatoms. The molecule has 3 heterocycles. The third kappa shape index (κ3) is 4.21. The van der Waals surface area contributed by atoms with Gasteiger partial charge in [-0.2, -0.15) is 4.31 Å². The Bertz CT molecular complexity index is 804. The van der Waals surface area contributed by atoms with Crippen LogP contribution in [0.15, 0.2) is 53.9 Å². The first kappa shape index (κ1) is 17.5. The van der Waals surface area contributed by atoms with E-state index in [-0.39, 0.29) is 16.7 Å². The lowest BCUT2D eigenvalue weighted by Gasteiger charge is -2.31. The SMILES string of the molecule is O=C(NCC1CCN(S(=O)(=O)c2cccnc2)CC1)c1cccnc1. The summed E-state index contributed by atoms with van der Waals surface area (Å²) < 4.78 is 26.6. The van der Waals surface area contributed by atoms with Crippen molar-refractivity contribution in [2.24, 2.45) is 5.92 Å². The molecule has 0 aliphatic carbocycles. The van der Waals surface area contributed by atoms with Crippen LogP contribution >= 0.6 is 0 Å². The van der Waals surface area contributed by atoms with Crippen LogP contribution in [-0.2, 0) is 10.0 Å². The Morgan fingerprint density at radius 3 is 2.40 bits per heavy atom. The lowest BCUT2D eigenvalue weighted by Crippen LogP contribution is -2.41. The maximum atomic E-state index is 12.6. The Hall–Kier alpha value is -2.32. The normalized spacial score (nSPS) is 16.5. The molecule has 0 spiro atoms. The Labute approximate surface area is 147 Å². The molecule has 1 amide bonds. The molecule has 2 aromatic heterocycles. The minimum absolute atomic E-state index is 0.154. The molecule has 1 fully saturated rings. The van der Waals surface area contributed by atoms with E-state index in [1.165, 1.54) is 16.7 Å². The first-order valence-electron chi connectivity index (χ1n) is 8.16. The lowest BCUT2D eigenvalue weighted by molar-refractivity contribution is 0.0941. The van der Waals surface area contributed by atoms with Gasteiger partial charge in [0.15, 0.2) is 0 Å². The van der Waals surface area contributed by atoms with Crippen LogP contribution in [0.25, 0.3) is 0 Å². The third-order valence-electron chi connectivity index (χ3n) is 4.32. The van der Waals surface area contributed by atoms with Crippen LogP contribution < -0.4 is 5.32 Å². The Balaban J connectivity index is 1.51. The van der Waals surface area contributed by atoms with E-state index in [0.29, 0.717) is 38.0 Å². The highest BCUT2D eigenvalue weighted by Crippen LogP contribution is 2.23. The first-order chi connectivity index (χ1) is 12.1. The van der Waals surface area contributed by atoms with E-state index in [9.17, 15) is 13.2 Å². The quantitative estimate of drug-likeness (QED) is 0.868. The number of hydrogen-bond donors (Lipinski definition) is 1. The van der Waals surface area contributed by atoms with Crippen LogP contribution in [0, 0.1) is 5.92 Å². The summed E-state index contributed by atoms with van der Waals surface area (Å²) in [4.78, 5) is 20.1. The van der Waals surface area contributed by atoms with Crippen LogP contribution in [0.3, 0.4) is 0 Å². The van der Waals surface area contributed by atoms with Crippen molar-refractivity contribution in [1.29, 1.82) is 0 Å². The summed E-state index contributed by atoms with van der Waals surface area (Å²) in [5.74, 6) is 0.111. The second kappa shape index (κ2) is 7.71. The van der Waals surface area contributed by atoms with E-state index in [1.54, 1.807) is 36.7 Å². The van der Waals surface area contributed by atoms with Crippen LogP contribution in [0.4, 0.5) is 0 Å².